The number of hydrogen-bond acceptors (Lipinski definition) is 7. The Hall–Kier alpha value is -3.19. The van der Waals surface area contributed by atoms with Crippen LogP contribution >= 0.6 is 11.8 Å². The highest BCUT2D eigenvalue weighted by Crippen LogP contribution is 2.41. The number of para-hydroxylation sites is 1. The predicted octanol–water partition coefficient (Wildman–Crippen LogP) is 4.46. The molecule has 3 rings (SSSR count). The Morgan fingerprint density at radius 1 is 1.14 bits per heavy atom. The normalized spacial score (nSPS) is 16.8. The summed E-state index contributed by atoms with van der Waals surface area (Å²) in [4.78, 5) is 17.2. The predicted molar refractivity (Wildman–Crippen MR) is 110 cm³/mol. The van der Waals surface area contributed by atoms with Gasteiger partial charge in [-0.15, -0.1) is 0 Å². The molecule has 0 aliphatic carbocycles. The minimum atomic E-state index is -0.685. The van der Waals surface area contributed by atoms with Crippen LogP contribution in [0.15, 0.2) is 63.7 Å². The fourth-order valence-electron chi connectivity index (χ4n) is 2.70. The monoisotopic (exact) mass is 397 g/mol. The van der Waals surface area contributed by atoms with Crippen LogP contribution in [-0.4, -0.2) is 33.4 Å². The van der Waals surface area contributed by atoms with Gasteiger partial charge >= 0.3 is 5.97 Å². The van der Waals surface area contributed by atoms with Crippen molar-refractivity contribution >= 4 is 34.5 Å². The van der Waals surface area contributed by atoms with Crippen molar-refractivity contribution in [1.29, 1.82) is 0 Å². The Bertz CT molecular complexity index is 1020. The summed E-state index contributed by atoms with van der Waals surface area (Å²) >= 11 is 1.13. The number of aliphatic hydroxyl groups excluding tert-OH is 1. The van der Waals surface area contributed by atoms with Crippen molar-refractivity contribution < 1.29 is 24.9 Å². The molecule has 0 atom stereocenters. The first-order chi connectivity index (χ1) is 13.4. The second-order valence-electron chi connectivity index (χ2n) is 5.97. The van der Waals surface area contributed by atoms with Gasteiger partial charge in [0.1, 0.15) is 16.4 Å². The highest BCUT2D eigenvalue weighted by atomic mass is 32.2. The second-order valence-corrected chi connectivity index (χ2v) is 7.00. The first-order valence-corrected chi connectivity index (χ1v) is 9.36. The van der Waals surface area contributed by atoms with Crippen LogP contribution in [0.1, 0.15) is 18.1 Å². The van der Waals surface area contributed by atoms with Gasteiger partial charge in [-0.2, -0.15) is 0 Å². The van der Waals surface area contributed by atoms with Gasteiger partial charge in [0.2, 0.25) is 0 Å². The number of aliphatic hydroxyl groups is 1. The third-order valence-corrected chi connectivity index (χ3v) is 5.19. The van der Waals surface area contributed by atoms with Gasteiger partial charge in [-0.25, -0.2) is 9.79 Å². The minimum absolute atomic E-state index is 0.00680. The van der Waals surface area contributed by atoms with Gasteiger partial charge < -0.3 is 20.1 Å². The zero-order valence-electron chi connectivity index (χ0n) is 15.3. The van der Waals surface area contributed by atoms with Gasteiger partial charge in [0.05, 0.1) is 17.7 Å². The van der Waals surface area contributed by atoms with Crippen LogP contribution in [0.4, 0.5) is 5.69 Å². The lowest BCUT2D eigenvalue weighted by Gasteiger charge is -2.05. The number of ether oxygens (including phenoxy) is 1. The molecule has 2 aromatic carbocycles. The molecule has 0 amide bonds. The molecule has 0 fully saturated rings. The van der Waals surface area contributed by atoms with E-state index in [0.29, 0.717) is 21.2 Å². The molecule has 0 radical (unpaired) electrons. The van der Waals surface area contributed by atoms with Gasteiger partial charge in [0.15, 0.2) is 11.5 Å². The van der Waals surface area contributed by atoms with Crippen molar-refractivity contribution in [2.45, 2.75) is 13.3 Å². The molecule has 1 heterocycles. The summed E-state index contributed by atoms with van der Waals surface area (Å²) in [6.45, 7) is 2.01. The number of phenolic OH excluding ortho intramolecular Hbond substituents is 2. The van der Waals surface area contributed by atoms with E-state index in [-0.39, 0.29) is 22.8 Å². The maximum absolute atomic E-state index is 12.2. The minimum Gasteiger partial charge on any atom is -0.506 e. The van der Waals surface area contributed by atoms with Crippen molar-refractivity contribution in [3.05, 3.63) is 69.8 Å². The average molecular weight is 397 g/mol. The maximum Gasteiger partial charge on any atom is 0.344 e. The van der Waals surface area contributed by atoms with Crippen molar-refractivity contribution in [2.24, 2.45) is 4.99 Å². The number of rotatable bonds is 4. The molecule has 144 valence electrons. The van der Waals surface area contributed by atoms with E-state index in [1.807, 2.05) is 31.2 Å². The Morgan fingerprint density at radius 3 is 2.57 bits per heavy atom. The third-order valence-electron chi connectivity index (χ3n) is 4.17. The number of carbonyl (C=O) groups is 1. The Morgan fingerprint density at radius 2 is 1.89 bits per heavy atom. The number of methoxy groups -OCH3 is 1. The molecule has 2 aromatic rings. The first-order valence-electron chi connectivity index (χ1n) is 8.55. The summed E-state index contributed by atoms with van der Waals surface area (Å²) in [6.07, 6.45) is 2.37. The summed E-state index contributed by atoms with van der Waals surface area (Å²) < 4.78 is 4.81. The highest BCUT2D eigenvalue weighted by molar-refractivity contribution is 8.18. The number of phenols is 2. The second kappa shape index (κ2) is 8.22. The Labute approximate surface area is 166 Å². The van der Waals surface area contributed by atoms with Crippen molar-refractivity contribution in [1.82, 2.24) is 0 Å². The molecule has 7 heteroatoms. The van der Waals surface area contributed by atoms with E-state index in [1.165, 1.54) is 19.2 Å². The van der Waals surface area contributed by atoms with Crippen LogP contribution in [0.25, 0.3) is 6.08 Å². The SMILES string of the molecule is CCc1ccccc1N=C1S/C(=C/c2ccc(O)c(O)c2)C(O)=C1C(=O)OC. The topological polar surface area (TPSA) is 99.4 Å². The highest BCUT2D eigenvalue weighted by Gasteiger charge is 2.33. The molecule has 1 aliphatic heterocycles. The van der Waals surface area contributed by atoms with Crippen LogP contribution in [0.3, 0.4) is 0 Å². The van der Waals surface area contributed by atoms with Gasteiger partial charge in [-0.05, 0) is 41.8 Å². The molecule has 28 heavy (non-hydrogen) atoms. The van der Waals surface area contributed by atoms with Crippen molar-refractivity contribution in [3.8, 4) is 11.5 Å². The molecule has 0 aromatic heterocycles. The first kappa shape index (κ1) is 19.6. The Balaban J connectivity index is 2.07. The molecule has 0 spiro atoms. The molecule has 6 nitrogen and oxygen atoms in total. The molecular formula is C21H19NO5S. The molecule has 3 N–H and O–H groups in total. The fourth-order valence-corrected chi connectivity index (χ4v) is 3.73. The van der Waals surface area contributed by atoms with Gasteiger partial charge in [0, 0.05) is 0 Å². The number of carbonyl (C=O) groups excluding carboxylic acids is 1. The van der Waals surface area contributed by atoms with Crippen LogP contribution in [-0.2, 0) is 16.0 Å². The summed E-state index contributed by atoms with van der Waals surface area (Å²) in [5.41, 5.74) is 2.27. The summed E-state index contributed by atoms with van der Waals surface area (Å²) in [5, 5.41) is 30.0. The van der Waals surface area contributed by atoms with Crippen LogP contribution in [0.2, 0.25) is 0 Å². The summed E-state index contributed by atoms with van der Waals surface area (Å²) in [6, 6.07) is 11.9. The summed E-state index contributed by atoms with van der Waals surface area (Å²) in [5.74, 6) is -1.44. The van der Waals surface area contributed by atoms with Crippen molar-refractivity contribution in [2.75, 3.05) is 7.11 Å². The standard InChI is InChI=1S/C21H19NO5S/c1-3-13-6-4-5-7-14(13)22-20-18(21(26)27-2)19(25)17(28-20)11-12-8-9-15(23)16(24)10-12/h4-11,23-25H,3H2,1-2H3/b17-11+,22-20?. The number of nitrogens with zero attached hydrogens (tertiary/aromatic N) is 1. The number of hydrogen-bond donors (Lipinski definition) is 3. The number of aliphatic imine (C=N–C) groups is 1. The number of benzene rings is 2. The summed E-state index contributed by atoms with van der Waals surface area (Å²) in [7, 11) is 1.24. The molecule has 0 saturated heterocycles. The number of aromatic hydroxyl groups is 2. The molecular weight excluding hydrogens is 378 g/mol. The van der Waals surface area contributed by atoms with E-state index in [4.69, 9.17) is 4.74 Å². The lowest BCUT2D eigenvalue weighted by Crippen LogP contribution is -2.10. The van der Waals surface area contributed by atoms with E-state index in [9.17, 15) is 20.1 Å². The van der Waals surface area contributed by atoms with Crippen LogP contribution < -0.4 is 0 Å². The van der Waals surface area contributed by atoms with Crippen LogP contribution in [0.5, 0.6) is 11.5 Å². The van der Waals surface area contributed by atoms with E-state index in [0.717, 1.165) is 23.7 Å². The average Bonchev–Trinajstić information content (AvgIpc) is 2.99. The van der Waals surface area contributed by atoms with E-state index >= 15 is 0 Å². The van der Waals surface area contributed by atoms with Gasteiger partial charge in [-0.1, -0.05) is 43.0 Å². The van der Waals surface area contributed by atoms with Gasteiger partial charge in [0.25, 0.3) is 0 Å². The molecule has 1 aliphatic rings. The van der Waals surface area contributed by atoms with E-state index in [2.05, 4.69) is 4.99 Å². The number of aryl methyl sites for hydroxylation is 1. The van der Waals surface area contributed by atoms with E-state index < -0.39 is 5.97 Å². The maximum atomic E-state index is 12.2. The lowest BCUT2D eigenvalue weighted by atomic mass is 10.1. The molecule has 0 bridgehead atoms. The zero-order valence-corrected chi connectivity index (χ0v) is 16.2. The molecule has 0 unspecified atom stereocenters. The van der Waals surface area contributed by atoms with Gasteiger partial charge in [-0.3, -0.25) is 0 Å². The van der Waals surface area contributed by atoms with E-state index in [1.54, 1.807) is 12.1 Å². The Kier molecular flexibility index (Phi) is 5.75. The largest absolute Gasteiger partial charge is 0.506 e. The lowest BCUT2D eigenvalue weighted by molar-refractivity contribution is -0.135. The van der Waals surface area contributed by atoms with Crippen molar-refractivity contribution in [3.63, 3.8) is 0 Å². The smallest absolute Gasteiger partial charge is 0.344 e. The quantitative estimate of drug-likeness (QED) is 0.520. The fraction of sp³-hybridized carbons (Fsp3) is 0.143. The number of thioether (sulfide) groups is 1. The molecule has 0 saturated carbocycles. The van der Waals surface area contributed by atoms with Crippen LogP contribution in [0, 0.1) is 0 Å². The third kappa shape index (κ3) is 3.89. The number of esters is 1. The zero-order chi connectivity index (χ0) is 20.3.